The maximum atomic E-state index is 13.1. The summed E-state index contributed by atoms with van der Waals surface area (Å²) in [6, 6.07) is 2.23. The number of nitrogens with one attached hydrogen (secondary N) is 1. The Balaban J connectivity index is 1.22. The molecular weight excluding hydrogens is 484 g/mol. The summed E-state index contributed by atoms with van der Waals surface area (Å²) in [7, 11) is 0. The van der Waals surface area contributed by atoms with Gasteiger partial charge in [-0.25, -0.2) is 14.6 Å². The van der Waals surface area contributed by atoms with Gasteiger partial charge in [0.1, 0.15) is 17.5 Å². The monoisotopic (exact) mass is 524 g/mol. The molecule has 3 unspecified atom stereocenters. The molecule has 2 aromatic heterocycles. The van der Waals surface area contributed by atoms with Gasteiger partial charge in [-0.1, -0.05) is 20.4 Å². The zero-order valence-corrected chi connectivity index (χ0v) is 23.1. The highest BCUT2D eigenvalue weighted by atomic mass is 16.6. The second kappa shape index (κ2) is 10.1. The Kier molecular flexibility index (Phi) is 7.00. The Bertz CT molecular complexity index is 1200. The second-order valence-corrected chi connectivity index (χ2v) is 12.2. The van der Waals surface area contributed by atoms with Crippen LogP contribution in [-0.2, 0) is 9.47 Å². The van der Waals surface area contributed by atoms with Crippen LogP contribution in [0.25, 0.3) is 11.7 Å². The Hall–Kier alpha value is -3.30. The number of hydrogen-bond donors (Lipinski definition) is 1. The molecule has 0 aromatic carbocycles. The van der Waals surface area contributed by atoms with E-state index in [2.05, 4.69) is 30.8 Å². The van der Waals surface area contributed by atoms with E-state index in [0.29, 0.717) is 50.4 Å². The highest BCUT2D eigenvalue weighted by Crippen LogP contribution is 2.39. The first-order valence-corrected chi connectivity index (χ1v) is 13.7. The summed E-state index contributed by atoms with van der Waals surface area (Å²) < 4.78 is 13.2. The first-order valence-electron chi connectivity index (χ1n) is 13.7. The second-order valence-electron chi connectivity index (χ2n) is 12.2. The van der Waals surface area contributed by atoms with Gasteiger partial charge in [-0.15, -0.1) is 0 Å². The number of piperidine rings is 1. The van der Waals surface area contributed by atoms with Crippen LogP contribution in [0.15, 0.2) is 18.8 Å². The molecule has 2 saturated heterocycles. The van der Waals surface area contributed by atoms with E-state index in [-0.39, 0.29) is 24.3 Å². The lowest BCUT2D eigenvalue weighted by molar-refractivity contribution is 0.0223. The smallest absolute Gasteiger partial charge is 0.410 e. The van der Waals surface area contributed by atoms with Crippen LogP contribution in [0.2, 0.25) is 0 Å². The molecule has 2 aliphatic heterocycles. The van der Waals surface area contributed by atoms with Crippen molar-refractivity contribution >= 4 is 29.7 Å². The van der Waals surface area contributed by atoms with Crippen LogP contribution in [0.4, 0.5) is 15.4 Å². The van der Waals surface area contributed by atoms with E-state index in [1.165, 1.54) is 0 Å². The number of ether oxygens (including phenoxy) is 2. The van der Waals surface area contributed by atoms with Crippen LogP contribution >= 0.6 is 0 Å². The van der Waals surface area contributed by atoms with Gasteiger partial charge in [0.15, 0.2) is 5.65 Å². The molecule has 1 aliphatic carbocycles. The Morgan fingerprint density at radius 1 is 1.11 bits per heavy atom. The predicted molar refractivity (Wildman–Crippen MR) is 145 cm³/mol. The lowest BCUT2D eigenvalue weighted by atomic mass is 9.92. The standard InChI is InChI=1S/C28H40N6O4/c1-7-20-12-23(34-25(30-20)22(13-29-34)17(2)3)31-24-18-8-9-19(24)15-33(14-18)26(35)37-21-10-11-32(16-21)27(36)38-28(4,5)6/h7,12-13,17-19,21,24,31H,1,8-11,14-16H2,2-6H3. The summed E-state index contributed by atoms with van der Waals surface area (Å²) in [5, 5.41) is 8.38. The van der Waals surface area contributed by atoms with Crippen molar-refractivity contribution in [1.82, 2.24) is 24.4 Å². The van der Waals surface area contributed by atoms with Crippen molar-refractivity contribution < 1.29 is 19.1 Å². The highest BCUT2D eigenvalue weighted by Gasteiger charge is 2.44. The third kappa shape index (κ3) is 5.31. The minimum Gasteiger partial charge on any atom is -0.444 e. The molecule has 38 heavy (non-hydrogen) atoms. The third-order valence-corrected chi connectivity index (χ3v) is 7.82. The molecular formula is C28H40N6O4. The molecule has 2 amide bonds. The summed E-state index contributed by atoms with van der Waals surface area (Å²) in [6.45, 7) is 15.9. The largest absolute Gasteiger partial charge is 0.444 e. The molecule has 5 rings (SSSR count). The number of likely N-dealkylation sites (tertiary alicyclic amines) is 2. The summed E-state index contributed by atoms with van der Waals surface area (Å²) in [6.07, 6.45) is 5.45. The average Bonchev–Trinajstić information content (AvgIpc) is 3.54. The summed E-state index contributed by atoms with van der Waals surface area (Å²) in [4.78, 5) is 33.7. The molecule has 3 aliphatic rings. The fraction of sp³-hybridized carbons (Fsp3) is 0.643. The molecule has 10 nitrogen and oxygen atoms in total. The summed E-state index contributed by atoms with van der Waals surface area (Å²) in [5.74, 6) is 1.86. The minimum absolute atomic E-state index is 0.239. The predicted octanol–water partition coefficient (Wildman–Crippen LogP) is 4.76. The van der Waals surface area contributed by atoms with Crippen molar-refractivity contribution in [3.05, 3.63) is 30.1 Å². The highest BCUT2D eigenvalue weighted by molar-refractivity contribution is 5.70. The Labute approximate surface area is 224 Å². The van der Waals surface area contributed by atoms with Gasteiger partial charge < -0.3 is 24.6 Å². The fourth-order valence-electron chi connectivity index (χ4n) is 5.93. The van der Waals surface area contributed by atoms with Crippen molar-refractivity contribution in [2.45, 2.75) is 77.5 Å². The van der Waals surface area contributed by atoms with E-state index in [9.17, 15) is 9.59 Å². The van der Waals surface area contributed by atoms with E-state index in [4.69, 9.17) is 14.5 Å². The molecule has 10 heteroatoms. The molecule has 4 heterocycles. The number of fused-ring (bicyclic) bond motifs is 3. The average molecular weight is 525 g/mol. The van der Waals surface area contributed by atoms with E-state index < -0.39 is 5.60 Å². The first-order chi connectivity index (χ1) is 18.0. The molecule has 0 spiro atoms. The van der Waals surface area contributed by atoms with Crippen molar-refractivity contribution in [2.75, 3.05) is 31.5 Å². The van der Waals surface area contributed by atoms with Crippen molar-refractivity contribution in [2.24, 2.45) is 11.8 Å². The molecule has 2 bridgehead atoms. The summed E-state index contributed by atoms with van der Waals surface area (Å²) >= 11 is 0. The zero-order valence-electron chi connectivity index (χ0n) is 23.1. The maximum Gasteiger partial charge on any atom is 0.410 e. The lowest BCUT2D eigenvalue weighted by Crippen LogP contribution is -2.51. The molecule has 206 valence electrons. The quantitative estimate of drug-likeness (QED) is 0.602. The van der Waals surface area contributed by atoms with Crippen LogP contribution in [0.1, 0.15) is 71.1 Å². The number of nitrogens with zero attached hydrogens (tertiary/aromatic N) is 5. The number of aromatic nitrogens is 3. The van der Waals surface area contributed by atoms with Crippen LogP contribution in [0, 0.1) is 11.8 Å². The van der Waals surface area contributed by atoms with Gasteiger partial charge in [-0.05, 0) is 57.4 Å². The number of rotatable bonds is 5. The molecule has 3 fully saturated rings. The van der Waals surface area contributed by atoms with E-state index in [1.807, 2.05) is 42.4 Å². The number of amides is 2. The SMILES string of the molecule is C=Cc1cc(NC2C3CCC2CN(C(=O)OC2CCN(C(=O)OC(C)(C)C)C2)C3)n2ncc(C(C)C)c2n1. The van der Waals surface area contributed by atoms with Crippen molar-refractivity contribution in [3.8, 4) is 0 Å². The van der Waals surface area contributed by atoms with Crippen LogP contribution in [0.5, 0.6) is 0 Å². The zero-order chi connectivity index (χ0) is 27.2. The van der Waals surface area contributed by atoms with E-state index in [0.717, 1.165) is 35.6 Å². The van der Waals surface area contributed by atoms with Crippen LogP contribution < -0.4 is 5.32 Å². The van der Waals surface area contributed by atoms with Crippen molar-refractivity contribution in [1.29, 1.82) is 0 Å². The molecule has 3 atom stereocenters. The maximum absolute atomic E-state index is 13.1. The molecule has 0 radical (unpaired) electrons. The number of anilines is 1. The first kappa shape index (κ1) is 26.3. The van der Waals surface area contributed by atoms with Gasteiger partial charge in [0.2, 0.25) is 0 Å². The van der Waals surface area contributed by atoms with Crippen LogP contribution in [-0.4, -0.2) is 80.5 Å². The van der Waals surface area contributed by atoms with Gasteiger partial charge in [-0.2, -0.15) is 9.61 Å². The number of carbonyl (C=O) groups is 2. The number of hydrogen-bond acceptors (Lipinski definition) is 7. The Morgan fingerprint density at radius 2 is 1.82 bits per heavy atom. The van der Waals surface area contributed by atoms with Gasteiger partial charge in [-0.3, -0.25) is 0 Å². The number of carbonyl (C=O) groups excluding carboxylic acids is 2. The molecule has 1 N–H and O–H groups in total. The lowest BCUT2D eigenvalue weighted by Gasteiger charge is -2.38. The Morgan fingerprint density at radius 3 is 2.45 bits per heavy atom. The third-order valence-electron chi connectivity index (χ3n) is 7.82. The van der Waals surface area contributed by atoms with E-state index >= 15 is 0 Å². The van der Waals surface area contributed by atoms with Gasteiger partial charge in [0, 0.05) is 43.7 Å². The minimum atomic E-state index is -0.549. The summed E-state index contributed by atoms with van der Waals surface area (Å²) in [5.41, 5.74) is 2.22. The van der Waals surface area contributed by atoms with Gasteiger partial charge in [0.25, 0.3) is 0 Å². The topological polar surface area (TPSA) is 101 Å². The van der Waals surface area contributed by atoms with Crippen molar-refractivity contribution in [3.63, 3.8) is 0 Å². The normalized spacial score (nSPS) is 25.2. The molecule has 2 aromatic rings. The van der Waals surface area contributed by atoms with Gasteiger partial charge in [0.05, 0.1) is 18.4 Å². The van der Waals surface area contributed by atoms with Crippen LogP contribution in [0.3, 0.4) is 0 Å². The van der Waals surface area contributed by atoms with Gasteiger partial charge >= 0.3 is 12.2 Å². The molecule has 1 saturated carbocycles. The van der Waals surface area contributed by atoms with E-state index in [1.54, 1.807) is 11.0 Å². The fourth-order valence-corrected chi connectivity index (χ4v) is 5.93.